The molecule has 1 aromatic carbocycles. The summed E-state index contributed by atoms with van der Waals surface area (Å²) in [5.74, 6) is 0.00616. The van der Waals surface area contributed by atoms with Gasteiger partial charge in [-0.2, -0.15) is 4.31 Å². The van der Waals surface area contributed by atoms with Crippen LogP contribution in [0.1, 0.15) is 26.7 Å². The molecular formula is C14H19N3O5S. The van der Waals surface area contributed by atoms with Gasteiger partial charge < -0.3 is 5.32 Å². The third-order valence-electron chi connectivity index (χ3n) is 3.86. The van der Waals surface area contributed by atoms with Crippen LogP contribution in [0.5, 0.6) is 0 Å². The Labute approximate surface area is 134 Å². The topological polar surface area (TPSA) is 110 Å². The molecule has 1 amide bonds. The van der Waals surface area contributed by atoms with Crippen molar-refractivity contribution in [1.29, 1.82) is 0 Å². The average molecular weight is 341 g/mol. The summed E-state index contributed by atoms with van der Waals surface area (Å²) in [5, 5.41) is 13.5. The Kier molecular flexibility index (Phi) is 5.00. The van der Waals surface area contributed by atoms with E-state index < -0.39 is 26.5 Å². The minimum Gasteiger partial charge on any atom is -0.321 e. The third kappa shape index (κ3) is 3.85. The number of sulfonamides is 1. The van der Waals surface area contributed by atoms with Crippen LogP contribution < -0.4 is 5.32 Å². The summed E-state index contributed by atoms with van der Waals surface area (Å²) in [7, 11) is -3.77. The SMILES string of the molecule is CC(=O)Nc1ccc(S(=O)(=O)N2CCC(C)CC2)cc1[N+](=O)[O-]. The van der Waals surface area contributed by atoms with Gasteiger partial charge in [0.1, 0.15) is 5.69 Å². The first kappa shape index (κ1) is 17.4. The number of nitrogens with one attached hydrogen (secondary N) is 1. The fraction of sp³-hybridized carbons (Fsp3) is 0.500. The second-order valence-corrected chi connectivity index (χ2v) is 7.64. The molecule has 1 aliphatic heterocycles. The third-order valence-corrected chi connectivity index (χ3v) is 5.75. The first-order valence-corrected chi connectivity index (χ1v) is 8.72. The van der Waals surface area contributed by atoms with Gasteiger partial charge in [-0.25, -0.2) is 8.42 Å². The van der Waals surface area contributed by atoms with Gasteiger partial charge in [-0.05, 0) is 30.9 Å². The number of carbonyl (C=O) groups excluding carboxylic acids is 1. The average Bonchev–Trinajstić information content (AvgIpc) is 2.47. The Morgan fingerprint density at radius 3 is 2.48 bits per heavy atom. The molecule has 1 N–H and O–H groups in total. The predicted octanol–water partition coefficient (Wildman–Crippen LogP) is 1.97. The molecule has 0 aliphatic carbocycles. The van der Waals surface area contributed by atoms with Gasteiger partial charge in [-0.3, -0.25) is 14.9 Å². The Morgan fingerprint density at radius 2 is 1.96 bits per heavy atom. The van der Waals surface area contributed by atoms with Crippen molar-refractivity contribution in [2.24, 2.45) is 5.92 Å². The maximum Gasteiger partial charge on any atom is 0.294 e. The molecule has 8 nitrogen and oxygen atoms in total. The highest BCUT2D eigenvalue weighted by atomic mass is 32.2. The van der Waals surface area contributed by atoms with Crippen molar-refractivity contribution in [1.82, 2.24) is 4.31 Å². The second-order valence-electron chi connectivity index (χ2n) is 5.70. The lowest BCUT2D eigenvalue weighted by Gasteiger charge is -2.29. The van der Waals surface area contributed by atoms with Crippen molar-refractivity contribution in [3.63, 3.8) is 0 Å². The van der Waals surface area contributed by atoms with Crippen molar-refractivity contribution >= 4 is 27.3 Å². The van der Waals surface area contributed by atoms with Gasteiger partial charge in [-0.15, -0.1) is 0 Å². The van der Waals surface area contributed by atoms with Crippen molar-refractivity contribution in [2.45, 2.75) is 31.6 Å². The predicted molar refractivity (Wildman–Crippen MR) is 84.6 cm³/mol. The zero-order valence-electron chi connectivity index (χ0n) is 13.0. The number of hydrogen-bond donors (Lipinski definition) is 1. The van der Waals surface area contributed by atoms with Crippen LogP contribution in [0, 0.1) is 16.0 Å². The number of nitrogens with zero attached hydrogens (tertiary/aromatic N) is 2. The van der Waals surface area contributed by atoms with Crippen molar-refractivity contribution in [2.75, 3.05) is 18.4 Å². The molecule has 0 saturated carbocycles. The van der Waals surface area contributed by atoms with Gasteiger partial charge in [0.2, 0.25) is 15.9 Å². The van der Waals surface area contributed by atoms with Gasteiger partial charge >= 0.3 is 0 Å². The van der Waals surface area contributed by atoms with Crippen LogP contribution in [-0.4, -0.2) is 36.6 Å². The number of rotatable bonds is 4. The number of amides is 1. The summed E-state index contributed by atoms with van der Waals surface area (Å²) in [6.07, 6.45) is 1.54. The van der Waals surface area contributed by atoms with E-state index >= 15 is 0 Å². The molecule has 1 saturated heterocycles. The van der Waals surface area contributed by atoms with Crippen LogP contribution in [0.3, 0.4) is 0 Å². The summed E-state index contributed by atoms with van der Waals surface area (Å²) in [4.78, 5) is 21.4. The summed E-state index contributed by atoms with van der Waals surface area (Å²) < 4.78 is 26.6. The summed E-state index contributed by atoms with van der Waals surface area (Å²) >= 11 is 0. The molecule has 23 heavy (non-hydrogen) atoms. The van der Waals surface area contributed by atoms with Gasteiger partial charge in [-0.1, -0.05) is 6.92 Å². The standard InChI is InChI=1S/C14H19N3O5S/c1-10-5-7-16(8-6-10)23(21,22)12-3-4-13(15-11(2)18)14(9-12)17(19)20/h3-4,9-10H,5-8H2,1-2H3,(H,15,18). The highest BCUT2D eigenvalue weighted by Crippen LogP contribution is 2.30. The number of nitro groups is 1. The monoisotopic (exact) mass is 341 g/mol. The van der Waals surface area contributed by atoms with E-state index in [4.69, 9.17) is 0 Å². The molecule has 0 aromatic heterocycles. The van der Waals surface area contributed by atoms with Crippen LogP contribution >= 0.6 is 0 Å². The van der Waals surface area contributed by atoms with Gasteiger partial charge in [0, 0.05) is 26.1 Å². The van der Waals surface area contributed by atoms with E-state index in [1.54, 1.807) is 0 Å². The molecule has 0 bridgehead atoms. The van der Waals surface area contributed by atoms with Gasteiger partial charge in [0.15, 0.2) is 0 Å². The van der Waals surface area contributed by atoms with Crippen LogP contribution in [-0.2, 0) is 14.8 Å². The molecule has 2 rings (SSSR count). The number of benzene rings is 1. The molecule has 1 fully saturated rings. The first-order valence-electron chi connectivity index (χ1n) is 7.28. The smallest absolute Gasteiger partial charge is 0.294 e. The fourth-order valence-corrected chi connectivity index (χ4v) is 3.98. The zero-order chi connectivity index (χ0) is 17.2. The lowest BCUT2D eigenvalue weighted by atomic mass is 10.0. The molecule has 9 heteroatoms. The summed E-state index contributed by atoms with van der Waals surface area (Å²) in [6.45, 7) is 4.11. The van der Waals surface area contributed by atoms with Crippen LogP contribution in [0.15, 0.2) is 23.1 Å². The van der Waals surface area contributed by atoms with E-state index in [0.717, 1.165) is 18.9 Å². The quantitative estimate of drug-likeness (QED) is 0.665. The Morgan fingerprint density at radius 1 is 1.35 bits per heavy atom. The van der Waals surface area contributed by atoms with Crippen LogP contribution in [0.4, 0.5) is 11.4 Å². The molecule has 1 aliphatic rings. The highest BCUT2D eigenvalue weighted by Gasteiger charge is 2.30. The molecule has 126 valence electrons. The van der Waals surface area contributed by atoms with E-state index in [0.29, 0.717) is 19.0 Å². The van der Waals surface area contributed by atoms with Gasteiger partial charge in [0.25, 0.3) is 5.69 Å². The van der Waals surface area contributed by atoms with E-state index in [2.05, 4.69) is 12.2 Å². The minimum atomic E-state index is -3.77. The summed E-state index contributed by atoms with van der Waals surface area (Å²) in [5.41, 5.74) is -0.458. The second kappa shape index (κ2) is 6.63. The normalized spacial score (nSPS) is 17.0. The lowest BCUT2D eigenvalue weighted by Crippen LogP contribution is -2.37. The maximum absolute atomic E-state index is 12.6. The number of piperidine rings is 1. The van der Waals surface area contributed by atoms with E-state index in [9.17, 15) is 23.3 Å². The van der Waals surface area contributed by atoms with E-state index in [1.165, 1.54) is 23.4 Å². The molecule has 0 radical (unpaired) electrons. The minimum absolute atomic E-state index is 0.0197. The number of nitro benzene ring substituents is 1. The van der Waals surface area contributed by atoms with Gasteiger partial charge in [0.05, 0.1) is 9.82 Å². The highest BCUT2D eigenvalue weighted by molar-refractivity contribution is 7.89. The maximum atomic E-state index is 12.6. The van der Waals surface area contributed by atoms with Crippen molar-refractivity contribution in [3.8, 4) is 0 Å². The molecule has 0 atom stereocenters. The van der Waals surface area contributed by atoms with Crippen LogP contribution in [0.2, 0.25) is 0 Å². The van der Waals surface area contributed by atoms with Crippen molar-refractivity contribution in [3.05, 3.63) is 28.3 Å². The molecule has 0 unspecified atom stereocenters. The molecule has 0 spiro atoms. The van der Waals surface area contributed by atoms with Crippen LogP contribution in [0.25, 0.3) is 0 Å². The number of anilines is 1. The largest absolute Gasteiger partial charge is 0.321 e. The Balaban J connectivity index is 2.37. The number of carbonyl (C=O) groups is 1. The molecule has 1 aromatic rings. The lowest BCUT2D eigenvalue weighted by molar-refractivity contribution is -0.384. The van der Waals surface area contributed by atoms with E-state index in [-0.39, 0.29) is 10.6 Å². The first-order chi connectivity index (χ1) is 10.7. The van der Waals surface area contributed by atoms with Crippen molar-refractivity contribution < 1.29 is 18.1 Å². The zero-order valence-corrected chi connectivity index (χ0v) is 13.8. The Hall–Kier alpha value is -2.00. The number of hydrogen-bond acceptors (Lipinski definition) is 5. The summed E-state index contributed by atoms with van der Waals surface area (Å²) in [6, 6.07) is 3.53. The Bertz CT molecular complexity index is 724. The fourth-order valence-electron chi connectivity index (χ4n) is 2.49. The molecule has 1 heterocycles. The molecular weight excluding hydrogens is 322 g/mol. The van der Waals surface area contributed by atoms with E-state index in [1.807, 2.05) is 0 Å².